The average molecular weight is 270 g/mol. The van der Waals surface area contributed by atoms with Gasteiger partial charge >= 0.3 is 5.97 Å². The normalized spacial score (nSPS) is 16.7. The van der Waals surface area contributed by atoms with E-state index in [1.165, 1.54) is 24.8 Å². The summed E-state index contributed by atoms with van der Waals surface area (Å²) in [5, 5.41) is 16.2. The number of aromatic nitrogens is 3. The summed E-state index contributed by atoms with van der Waals surface area (Å²) in [6.07, 6.45) is 6.13. The van der Waals surface area contributed by atoms with Crippen molar-refractivity contribution in [1.29, 1.82) is 0 Å². The molecule has 6 nitrogen and oxygen atoms in total. The van der Waals surface area contributed by atoms with E-state index in [-0.39, 0.29) is 11.7 Å². The van der Waals surface area contributed by atoms with Gasteiger partial charge in [-0.25, -0.2) is 9.48 Å². The Morgan fingerprint density at radius 1 is 1.56 bits per heavy atom. The van der Waals surface area contributed by atoms with Gasteiger partial charge < -0.3 is 5.11 Å². The van der Waals surface area contributed by atoms with E-state index in [1.807, 2.05) is 11.8 Å². The Balaban J connectivity index is 1.70. The number of carboxylic acids is 1. The van der Waals surface area contributed by atoms with Crippen LogP contribution in [-0.4, -0.2) is 62.6 Å². The predicted molar refractivity (Wildman–Crippen MR) is 70.1 cm³/mol. The summed E-state index contributed by atoms with van der Waals surface area (Å²) < 4.78 is 1.67. The highest BCUT2D eigenvalue weighted by Crippen LogP contribution is 2.20. The molecule has 0 saturated carbocycles. The van der Waals surface area contributed by atoms with Gasteiger partial charge in [-0.2, -0.15) is 11.8 Å². The summed E-state index contributed by atoms with van der Waals surface area (Å²) in [5.41, 5.74) is 0.0217. The summed E-state index contributed by atoms with van der Waals surface area (Å²) in [7, 11) is 0. The molecule has 1 N–H and O–H groups in total. The highest BCUT2D eigenvalue weighted by atomic mass is 32.2. The molecule has 1 aliphatic heterocycles. The predicted octanol–water partition coefficient (Wildman–Crippen LogP) is 0.976. The van der Waals surface area contributed by atoms with Crippen molar-refractivity contribution in [2.24, 2.45) is 0 Å². The molecule has 2 heterocycles. The second-order valence-electron chi connectivity index (χ2n) is 4.50. The van der Waals surface area contributed by atoms with Crippen LogP contribution < -0.4 is 0 Å². The molecule has 0 bridgehead atoms. The fraction of sp³-hybridized carbons (Fsp3) is 0.727. The summed E-state index contributed by atoms with van der Waals surface area (Å²) in [6, 6.07) is 0.283. The van der Waals surface area contributed by atoms with E-state index in [0.29, 0.717) is 0 Å². The lowest BCUT2D eigenvalue weighted by Gasteiger charge is -2.38. The van der Waals surface area contributed by atoms with Crippen LogP contribution in [0.1, 0.15) is 29.4 Å². The maximum Gasteiger partial charge on any atom is 0.358 e. The number of hydrogen-bond acceptors (Lipinski definition) is 5. The number of rotatable bonds is 7. The zero-order valence-electron chi connectivity index (χ0n) is 10.4. The monoisotopic (exact) mass is 270 g/mol. The van der Waals surface area contributed by atoms with Gasteiger partial charge in [0.05, 0.1) is 12.2 Å². The summed E-state index contributed by atoms with van der Waals surface area (Å²) in [6.45, 7) is 3.01. The molecular formula is C11H18N4O2S. The molecule has 2 rings (SSSR count). The maximum absolute atomic E-state index is 10.7. The van der Waals surface area contributed by atoms with Gasteiger partial charge in [0.25, 0.3) is 0 Å². The lowest BCUT2D eigenvalue weighted by atomic mass is 10.1. The van der Waals surface area contributed by atoms with Gasteiger partial charge in [-0.15, -0.1) is 5.10 Å². The minimum absolute atomic E-state index is 0.0217. The topological polar surface area (TPSA) is 71.2 Å². The third-order valence-electron chi connectivity index (χ3n) is 3.11. The first-order valence-electron chi connectivity index (χ1n) is 6.07. The number of carboxylic acid groups (broad SMARTS) is 1. The van der Waals surface area contributed by atoms with Crippen LogP contribution in [0.25, 0.3) is 0 Å². The molecule has 0 amide bonds. The van der Waals surface area contributed by atoms with E-state index < -0.39 is 5.97 Å². The minimum Gasteiger partial charge on any atom is -0.476 e. The van der Waals surface area contributed by atoms with Gasteiger partial charge in [0.1, 0.15) is 0 Å². The molecule has 1 aromatic heterocycles. The van der Waals surface area contributed by atoms with Crippen molar-refractivity contribution in [3.05, 3.63) is 11.9 Å². The molecule has 0 spiro atoms. The van der Waals surface area contributed by atoms with E-state index in [0.717, 1.165) is 19.6 Å². The first-order valence-corrected chi connectivity index (χ1v) is 7.46. The third-order valence-corrected chi connectivity index (χ3v) is 3.81. The van der Waals surface area contributed by atoms with Crippen LogP contribution in [0.3, 0.4) is 0 Å². The molecule has 100 valence electrons. The van der Waals surface area contributed by atoms with Crippen molar-refractivity contribution in [2.75, 3.05) is 31.6 Å². The largest absolute Gasteiger partial charge is 0.476 e. The number of hydrogen-bond donors (Lipinski definition) is 1. The molecule has 0 unspecified atom stereocenters. The fourth-order valence-electron chi connectivity index (χ4n) is 2.03. The molecule has 0 atom stereocenters. The van der Waals surface area contributed by atoms with Gasteiger partial charge in [-0.3, -0.25) is 4.90 Å². The smallest absolute Gasteiger partial charge is 0.358 e. The average Bonchev–Trinajstić information content (AvgIpc) is 2.75. The van der Waals surface area contributed by atoms with E-state index in [1.54, 1.807) is 4.68 Å². The number of unbranched alkanes of at least 4 members (excludes halogenated alkanes) is 1. The fourth-order valence-corrected chi connectivity index (χ4v) is 2.52. The van der Waals surface area contributed by atoms with Crippen molar-refractivity contribution >= 4 is 17.7 Å². The Bertz CT molecular complexity index is 404. The van der Waals surface area contributed by atoms with Crippen molar-refractivity contribution in [2.45, 2.75) is 18.9 Å². The van der Waals surface area contributed by atoms with Gasteiger partial charge in [-0.1, -0.05) is 5.21 Å². The second kappa shape index (κ2) is 6.19. The van der Waals surface area contributed by atoms with Crippen molar-refractivity contribution in [3.63, 3.8) is 0 Å². The van der Waals surface area contributed by atoms with E-state index in [4.69, 9.17) is 5.11 Å². The standard InChI is InChI=1S/C11H18N4O2S/c1-18-5-3-2-4-14-6-9(7-14)15-8-10(11(16)17)12-13-15/h8-9H,2-7H2,1H3,(H,16,17). The number of nitrogens with zero attached hydrogens (tertiary/aromatic N) is 4. The van der Waals surface area contributed by atoms with Gasteiger partial charge in [0, 0.05) is 13.1 Å². The summed E-state index contributed by atoms with van der Waals surface area (Å²) in [4.78, 5) is 13.1. The van der Waals surface area contributed by atoms with Gasteiger partial charge in [-0.05, 0) is 31.4 Å². The molecule has 0 radical (unpaired) electrons. The van der Waals surface area contributed by atoms with Gasteiger partial charge in [0.15, 0.2) is 5.69 Å². The number of carbonyl (C=O) groups is 1. The summed E-state index contributed by atoms with van der Waals surface area (Å²) in [5.74, 6) is 0.206. The van der Waals surface area contributed by atoms with Crippen LogP contribution in [0.5, 0.6) is 0 Å². The lowest BCUT2D eigenvalue weighted by Crippen LogP contribution is -2.48. The van der Waals surface area contributed by atoms with Crippen LogP contribution in [0.4, 0.5) is 0 Å². The molecule has 18 heavy (non-hydrogen) atoms. The van der Waals surface area contributed by atoms with E-state index in [9.17, 15) is 4.79 Å². The number of thioether (sulfide) groups is 1. The molecule has 1 saturated heterocycles. The second-order valence-corrected chi connectivity index (χ2v) is 5.49. The van der Waals surface area contributed by atoms with Crippen molar-refractivity contribution in [1.82, 2.24) is 19.9 Å². The Morgan fingerprint density at radius 3 is 2.94 bits per heavy atom. The van der Waals surface area contributed by atoms with Crippen LogP contribution in [0.15, 0.2) is 6.20 Å². The van der Waals surface area contributed by atoms with Crippen LogP contribution in [0.2, 0.25) is 0 Å². The Hall–Kier alpha value is -1.08. The van der Waals surface area contributed by atoms with Crippen molar-refractivity contribution < 1.29 is 9.90 Å². The molecule has 0 aromatic carbocycles. The Morgan fingerprint density at radius 2 is 2.33 bits per heavy atom. The van der Waals surface area contributed by atoms with E-state index >= 15 is 0 Å². The van der Waals surface area contributed by atoms with E-state index in [2.05, 4.69) is 21.5 Å². The summed E-state index contributed by atoms with van der Waals surface area (Å²) >= 11 is 1.89. The Kier molecular flexibility index (Phi) is 4.60. The molecule has 1 aromatic rings. The molecule has 7 heteroatoms. The zero-order chi connectivity index (χ0) is 13.0. The molecule has 1 fully saturated rings. The van der Waals surface area contributed by atoms with Crippen LogP contribution >= 0.6 is 11.8 Å². The maximum atomic E-state index is 10.7. The minimum atomic E-state index is -1.02. The van der Waals surface area contributed by atoms with Crippen LogP contribution in [0, 0.1) is 0 Å². The third kappa shape index (κ3) is 3.23. The zero-order valence-corrected chi connectivity index (χ0v) is 11.3. The first-order chi connectivity index (χ1) is 8.70. The SMILES string of the molecule is CSCCCCN1CC(n2cc(C(=O)O)nn2)C1. The van der Waals surface area contributed by atoms with Crippen LogP contribution in [-0.2, 0) is 0 Å². The highest BCUT2D eigenvalue weighted by Gasteiger charge is 2.28. The first kappa shape index (κ1) is 13.4. The highest BCUT2D eigenvalue weighted by molar-refractivity contribution is 7.98. The number of likely N-dealkylation sites (tertiary alicyclic amines) is 1. The quantitative estimate of drug-likeness (QED) is 0.745. The molecule has 1 aliphatic rings. The number of aromatic carboxylic acids is 1. The molecular weight excluding hydrogens is 252 g/mol. The van der Waals surface area contributed by atoms with Gasteiger partial charge in [0.2, 0.25) is 0 Å². The lowest BCUT2D eigenvalue weighted by molar-refractivity contribution is 0.0690. The molecule has 0 aliphatic carbocycles. The van der Waals surface area contributed by atoms with Crippen molar-refractivity contribution in [3.8, 4) is 0 Å². The Labute approximate surface area is 110 Å².